The van der Waals surface area contributed by atoms with E-state index in [4.69, 9.17) is 0 Å². The van der Waals surface area contributed by atoms with Crippen molar-refractivity contribution < 1.29 is 9.59 Å². The van der Waals surface area contributed by atoms with Crippen molar-refractivity contribution in [2.45, 2.75) is 24.9 Å². The lowest BCUT2D eigenvalue weighted by Crippen LogP contribution is -2.39. The SMILES string of the molecule is Cn1cc(N2C(=O)C[C@@H]3[C@@H]2CCN3C(=O)c2ccncc2)cn1. The highest BCUT2D eigenvalue weighted by atomic mass is 16.2. The lowest BCUT2D eigenvalue weighted by atomic mass is 10.1. The third-order valence-electron chi connectivity index (χ3n) is 4.65. The molecule has 0 spiro atoms. The van der Waals surface area contributed by atoms with Gasteiger partial charge in [-0.3, -0.25) is 19.3 Å². The molecule has 2 aromatic rings. The minimum absolute atomic E-state index is 0.0271. The van der Waals surface area contributed by atoms with Gasteiger partial charge in [0.1, 0.15) is 0 Å². The summed E-state index contributed by atoms with van der Waals surface area (Å²) in [4.78, 5) is 32.7. The van der Waals surface area contributed by atoms with Crippen LogP contribution in [0.3, 0.4) is 0 Å². The van der Waals surface area contributed by atoms with Gasteiger partial charge < -0.3 is 9.80 Å². The van der Waals surface area contributed by atoms with Crippen LogP contribution in [0.1, 0.15) is 23.2 Å². The first-order valence-corrected chi connectivity index (χ1v) is 7.67. The molecule has 118 valence electrons. The molecule has 2 saturated heterocycles. The van der Waals surface area contributed by atoms with Gasteiger partial charge in [-0.25, -0.2) is 0 Å². The van der Waals surface area contributed by atoms with Crippen LogP contribution in [0.2, 0.25) is 0 Å². The number of aryl methyl sites for hydroxylation is 1. The van der Waals surface area contributed by atoms with Gasteiger partial charge in [-0.15, -0.1) is 0 Å². The molecule has 7 nitrogen and oxygen atoms in total. The van der Waals surface area contributed by atoms with E-state index in [-0.39, 0.29) is 23.9 Å². The zero-order chi connectivity index (χ0) is 16.0. The Bertz CT molecular complexity index is 757. The fourth-order valence-corrected chi connectivity index (χ4v) is 3.63. The van der Waals surface area contributed by atoms with Gasteiger partial charge in [0.15, 0.2) is 0 Å². The van der Waals surface area contributed by atoms with E-state index in [0.717, 1.165) is 12.1 Å². The summed E-state index contributed by atoms with van der Waals surface area (Å²) >= 11 is 0. The van der Waals surface area contributed by atoms with E-state index in [0.29, 0.717) is 18.5 Å². The Morgan fingerprint density at radius 1 is 1.26 bits per heavy atom. The van der Waals surface area contributed by atoms with Crippen LogP contribution in [0.15, 0.2) is 36.9 Å². The summed E-state index contributed by atoms with van der Waals surface area (Å²) in [7, 11) is 1.83. The van der Waals surface area contributed by atoms with E-state index < -0.39 is 0 Å². The van der Waals surface area contributed by atoms with Crippen LogP contribution in [-0.2, 0) is 11.8 Å². The van der Waals surface area contributed by atoms with Gasteiger partial charge in [-0.05, 0) is 18.6 Å². The number of nitrogens with zero attached hydrogens (tertiary/aromatic N) is 5. The van der Waals surface area contributed by atoms with Gasteiger partial charge in [0.2, 0.25) is 5.91 Å². The first kappa shape index (κ1) is 13.9. The normalized spacial score (nSPS) is 23.4. The molecule has 2 aromatic heterocycles. The van der Waals surface area contributed by atoms with Crippen LogP contribution in [0.5, 0.6) is 0 Å². The van der Waals surface area contributed by atoms with Crippen molar-refractivity contribution in [3.8, 4) is 0 Å². The first-order valence-electron chi connectivity index (χ1n) is 7.67. The summed E-state index contributed by atoms with van der Waals surface area (Å²) in [5.41, 5.74) is 1.43. The summed E-state index contributed by atoms with van der Waals surface area (Å²) in [6, 6.07) is 3.40. The van der Waals surface area contributed by atoms with Crippen LogP contribution in [-0.4, -0.2) is 50.1 Å². The molecule has 0 N–H and O–H groups in total. The largest absolute Gasteiger partial charge is 0.333 e. The second-order valence-corrected chi connectivity index (χ2v) is 6.00. The molecule has 4 heterocycles. The maximum atomic E-state index is 12.7. The fraction of sp³-hybridized carbons (Fsp3) is 0.375. The summed E-state index contributed by atoms with van der Waals surface area (Å²) in [5.74, 6) is 0.0287. The van der Waals surface area contributed by atoms with Crippen LogP contribution < -0.4 is 4.90 Å². The summed E-state index contributed by atoms with van der Waals surface area (Å²) in [5, 5.41) is 4.15. The quantitative estimate of drug-likeness (QED) is 0.824. The molecule has 0 aromatic carbocycles. The second-order valence-electron chi connectivity index (χ2n) is 6.00. The van der Waals surface area contributed by atoms with E-state index in [9.17, 15) is 9.59 Å². The number of rotatable bonds is 2. The fourth-order valence-electron chi connectivity index (χ4n) is 3.63. The van der Waals surface area contributed by atoms with E-state index in [1.54, 1.807) is 40.3 Å². The molecular formula is C16H17N5O2. The second kappa shape index (κ2) is 5.19. The number of aromatic nitrogens is 3. The Morgan fingerprint density at radius 3 is 2.74 bits per heavy atom. The average molecular weight is 311 g/mol. The number of hydrogen-bond donors (Lipinski definition) is 0. The molecule has 7 heteroatoms. The van der Waals surface area contributed by atoms with Crippen LogP contribution in [0.25, 0.3) is 0 Å². The molecule has 4 rings (SSSR count). The first-order chi connectivity index (χ1) is 11.1. The Hall–Kier alpha value is -2.70. The van der Waals surface area contributed by atoms with Crippen molar-refractivity contribution in [2.75, 3.05) is 11.4 Å². The number of carbonyl (C=O) groups is 2. The zero-order valence-electron chi connectivity index (χ0n) is 12.8. The van der Waals surface area contributed by atoms with Crippen molar-refractivity contribution in [3.63, 3.8) is 0 Å². The third-order valence-corrected chi connectivity index (χ3v) is 4.65. The molecule has 0 radical (unpaired) electrons. The number of carbonyl (C=O) groups excluding carboxylic acids is 2. The maximum Gasteiger partial charge on any atom is 0.254 e. The van der Waals surface area contributed by atoms with Gasteiger partial charge in [0.05, 0.1) is 24.0 Å². The number of amides is 2. The van der Waals surface area contributed by atoms with E-state index in [2.05, 4.69) is 10.1 Å². The van der Waals surface area contributed by atoms with Crippen molar-refractivity contribution in [1.82, 2.24) is 19.7 Å². The number of pyridine rings is 1. The van der Waals surface area contributed by atoms with Crippen molar-refractivity contribution in [1.29, 1.82) is 0 Å². The Morgan fingerprint density at radius 2 is 2.04 bits per heavy atom. The lowest BCUT2D eigenvalue weighted by molar-refractivity contribution is -0.117. The monoisotopic (exact) mass is 311 g/mol. The van der Waals surface area contributed by atoms with E-state index in [1.807, 2.05) is 18.1 Å². The average Bonchev–Trinajstić information content (AvgIpc) is 3.22. The van der Waals surface area contributed by atoms with Crippen molar-refractivity contribution >= 4 is 17.5 Å². The van der Waals surface area contributed by atoms with Gasteiger partial charge in [-0.2, -0.15) is 5.10 Å². The molecule has 2 aliphatic heterocycles. The summed E-state index contributed by atoms with van der Waals surface area (Å²) in [6.07, 6.45) is 7.94. The predicted molar refractivity (Wildman–Crippen MR) is 82.8 cm³/mol. The Labute approximate surface area is 133 Å². The van der Waals surface area contributed by atoms with E-state index in [1.165, 1.54) is 0 Å². The highest BCUT2D eigenvalue weighted by Gasteiger charge is 2.49. The minimum Gasteiger partial charge on any atom is -0.333 e. The Kier molecular flexibility index (Phi) is 3.14. The molecule has 2 fully saturated rings. The molecule has 0 bridgehead atoms. The third kappa shape index (κ3) is 2.19. The molecule has 2 amide bonds. The molecule has 0 unspecified atom stereocenters. The smallest absolute Gasteiger partial charge is 0.254 e. The van der Waals surface area contributed by atoms with Gasteiger partial charge >= 0.3 is 0 Å². The maximum absolute atomic E-state index is 12.7. The van der Waals surface area contributed by atoms with Gasteiger partial charge in [0, 0.05) is 44.2 Å². The molecule has 2 aliphatic rings. The number of anilines is 1. The summed E-state index contributed by atoms with van der Waals surface area (Å²) in [6.45, 7) is 0.667. The standard InChI is InChI=1S/C16H17N5O2/c1-19-10-12(9-18-19)21-13-4-7-20(14(13)8-15(21)22)16(23)11-2-5-17-6-3-11/h2-3,5-6,9-10,13-14H,4,7-8H2,1H3/t13-,14+/m0/s1. The van der Waals surface area contributed by atoms with Crippen molar-refractivity contribution in [3.05, 3.63) is 42.5 Å². The highest BCUT2D eigenvalue weighted by Crippen LogP contribution is 2.36. The zero-order valence-corrected chi connectivity index (χ0v) is 12.8. The molecule has 2 atom stereocenters. The predicted octanol–water partition coefficient (Wildman–Crippen LogP) is 0.835. The Balaban J connectivity index is 1.60. The lowest BCUT2D eigenvalue weighted by Gasteiger charge is -2.24. The highest BCUT2D eigenvalue weighted by molar-refractivity contribution is 6.00. The summed E-state index contributed by atoms with van der Waals surface area (Å²) < 4.78 is 1.69. The molecular weight excluding hydrogens is 294 g/mol. The van der Waals surface area contributed by atoms with E-state index >= 15 is 0 Å². The number of fused-ring (bicyclic) bond motifs is 1. The van der Waals surface area contributed by atoms with Crippen molar-refractivity contribution in [2.24, 2.45) is 7.05 Å². The van der Waals surface area contributed by atoms with Crippen LogP contribution >= 0.6 is 0 Å². The molecule has 0 aliphatic carbocycles. The minimum atomic E-state index is -0.0663. The van der Waals surface area contributed by atoms with Gasteiger partial charge in [0.25, 0.3) is 5.91 Å². The topological polar surface area (TPSA) is 71.3 Å². The van der Waals surface area contributed by atoms with Crippen LogP contribution in [0.4, 0.5) is 5.69 Å². The number of hydrogen-bond acceptors (Lipinski definition) is 4. The molecule has 0 saturated carbocycles. The number of likely N-dealkylation sites (tertiary alicyclic amines) is 1. The van der Waals surface area contributed by atoms with Crippen LogP contribution in [0, 0.1) is 0 Å². The molecule has 23 heavy (non-hydrogen) atoms. The van der Waals surface area contributed by atoms with Gasteiger partial charge in [-0.1, -0.05) is 0 Å².